The van der Waals surface area contributed by atoms with Crippen LogP contribution in [0, 0.1) is 0 Å². The summed E-state index contributed by atoms with van der Waals surface area (Å²) in [5.41, 5.74) is 8.08. The number of hydrogen-bond acceptors (Lipinski definition) is 3. The van der Waals surface area contributed by atoms with Gasteiger partial charge >= 0.3 is 5.97 Å². The minimum Gasteiger partial charge on any atom is -0.480 e. The molecule has 86 valence electrons. The Morgan fingerprint density at radius 3 is 2.41 bits per heavy atom. The summed E-state index contributed by atoms with van der Waals surface area (Å²) in [7, 11) is 0. The van der Waals surface area contributed by atoms with Crippen LogP contribution in [0.5, 0.6) is 0 Å². The van der Waals surface area contributed by atoms with Gasteiger partial charge in [-0.25, -0.2) is 0 Å². The molecule has 0 spiro atoms. The van der Waals surface area contributed by atoms with Gasteiger partial charge < -0.3 is 10.8 Å². The second-order valence-corrected chi connectivity index (χ2v) is 3.68. The molecule has 0 unspecified atom stereocenters. The van der Waals surface area contributed by atoms with E-state index in [1.54, 1.807) is 24.5 Å². The minimum atomic E-state index is -1.03. The maximum absolute atomic E-state index is 10.7. The standard InChI is InChI=1S/C13H12N2O2/c14-12(13(16)17)10-5-3-9(4-6-10)11-2-1-7-15-8-11/h1-8,12H,14H2,(H,16,17)/t12-/m0/s1. The van der Waals surface area contributed by atoms with Gasteiger partial charge in [0.05, 0.1) is 0 Å². The van der Waals surface area contributed by atoms with Crippen LogP contribution in [-0.4, -0.2) is 16.1 Å². The smallest absolute Gasteiger partial charge is 0.325 e. The Morgan fingerprint density at radius 2 is 1.88 bits per heavy atom. The average molecular weight is 228 g/mol. The molecule has 0 amide bonds. The number of benzene rings is 1. The molecular formula is C13H12N2O2. The van der Waals surface area contributed by atoms with Crippen LogP contribution in [0.15, 0.2) is 48.8 Å². The van der Waals surface area contributed by atoms with Crippen molar-refractivity contribution in [1.29, 1.82) is 0 Å². The van der Waals surface area contributed by atoms with Crippen molar-refractivity contribution in [2.75, 3.05) is 0 Å². The Hall–Kier alpha value is -2.20. The monoisotopic (exact) mass is 228 g/mol. The van der Waals surface area contributed by atoms with Crippen molar-refractivity contribution in [3.63, 3.8) is 0 Å². The third-order valence-corrected chi connectivity index (χ3v) is 2.53. The Kier molecular flexibility index (Phi) is 3.16. The number of nitrogens with zero attached hydrogens (tertiary/aromatic N) is 1. The number of carbonyl (C=O) groups is 1. The molecule has 0 radical (unpaired) electrons. The van der Waals surface area contributed by atoms with Crippen LogP contribution in [-0.2, 0) is 4.79 Å². The first-order valence-electron chi connectivity index (χ1n) is 5.17. The Bertz CT molecular complexity index is 509. The van der Waals surface area contributed by atoms with E-state index in [-0.39, 0.29) is 0 Å². The quantitative estimate of drug-likeness (QED) is 0.840. The predicted molar refractivity (Wildman–Crippen MR) is 64.2 cm³/mol. The molecule has 0 fully saturated rings. The fourth-order valence-electron chi connectivity index (χ4n) is 1.56. The van der Waals surface area contributed by atoms with E-state index in [0.717, 1.165) is 11.1 Å². The van der Waals surface area contributed by atoms with E-state index >= 15 is 0 Å². The molecular weight excluding hydrogens is 216 g/mol. The first-order valence-corrected chi connectivity index (χ1v) is 5.17. The van der Waals surface area contributed by atoms with Gasteiger partial charge in [-0.3, -0.25) is 9.78 Å². The van der Waals surface area contributed by atoms with Crippen LogP contribution in [0.3, 0.4) is 0 Å². The van der Waals surface area contributed by atoms with E-state index in [2.05, 4.69) is 4.98 Å². The highest BCUT2D eigenvalue weighted by Crippen LogP contribution is 2.20. The molecule has 0 bridgehead atoms. The molecule has 3 N–H and O–H groups in total. The number of nitrogens with two attached hydrogens (primary N) is 1. The minimum absolute atomic E-state index is 0.588. The number of carboxylic acid groups (broad SMARTS) is 1. The molecule has 17 heavy (non-hydrogen) atoms. The first kappa shape index (κ1) is 11.3. The molecule has 0 saturated heterocycles. The summed E-state index contributed by atoms with van der Waals surface area (Å²) in [6.45, 7) is 0. The number of rotatable bonds is 3. The van der Waals surface area contributed by atoms with E-state index < -0.39 is 12.0 Å². The SMILES string of the molecule is N[C@H](C(=O)O)c1ccc(-c2cccnc2)cc1. The summed E-state index contributed by atoms with van der Waals surface area (Å²) < 4.78 is 0. The second-order valence-electron chi connectivity index (χ2n) is 3.68. The summed E-state index contributed by atoms with van der Waals surface area (Å²) in [6, 6.07) is 9.95. The highest BCUT2D eigenvalue weighted by molar-refractivity contribution is 5.75. The van der Waals surface area contributed by atoms with Crippen LogP contribution >= 0.6 is 0 Å². The molecule has 0 aliphatic heterocycles. The predicted octanol–water partition coefficient (Wildman–Crippen LogP) is 1.83. The van der Waals surface area contributed by atoms with Crippen LogP contribution in [0.25, 0.3) is 11.1 Å². The lowest BCUT2D eigenvalue weighted by atomic mass is 10.0. The normalized spacial score (nSPS) is 12.1. The third-order valence-electron chi connectivity index (χ3n) is 2.53. The number of aromatic nitrogens is 1. The summed E-state index contributed by atoms with van der Waals surface area (Å²) in [6.07, 6.45) is 3.46. The lowest BCUT2D eigenvalue weighted by Gasteiger charge is -2.07. The molecule has 1 atom stereocenters. The lowest BCUT2D eigenvalue weighted by Crippen LogP contribution is -2.20. The Morgan fingerprint density at radius 1 is 1.18 bits per heavy atom. The number of aliphatic carboxylic acids is 1. The maximum Gasteiger partial charge on any atom is 0.325 e. The molecule has 4 heteroatoms. The van der Waals surface area contributed by atoms with Crippen LogP contribution in [0.2, 0.25) is 0 Å². The Labute approximate surface area is 98.7 Å². The summed E-state index contributed by atoms with van der Waals surface area (Å²) in [5.74, 6) is -1.03. The van der Waals surface area contributed by atoms with Gasteiger partial charge in [-0.2, -0.15) is 0 Å². The third kappa shape index (κ3) is 2.49. The van der Waals surface area contributed by atoms with E-state index in [0.29, 0.717) is 5.56 Å². The zero-order valence-corrected chi connectivity index (χ0v) is 9.08. The molecule has 1 heterocycles. The van der Waals surface area contributed by atoms with Crippen molar-refractivity contribution in [3.05, 3.63) is 54.4 Å². The summed E-state index contributed by atoms with van der Waals surface area (Å²) in [4.78, 5) is 14.7. The summed E-state index contributed by atoms with van der Waals surface area (Å²) >= 11 is 0. The second kappa shape index (κ2) is 4.76. The highest BCUT2D eigenvalue weighted by Gasteiger charge is 2.13. The van der Waals surface area contributed by atoms with Crippen LogP contribution < -0.4 is 5.73 Å². The molecule has 0 saturated carbocycles. The molecule has 0 aliphatic rings. The van der Waals surface area contributed by atoms with E-state index in [9.17, 15) is 4.79 Å². The molecule has 1 aromatic heterocycles. The van der Waals surface area contributed by atoms with E-state index in [4.69, 9.17) is 10.8 Å². The van der Waals surface area contributed by atoms with Gasteiger partial charge in [0.1, 0.15) is 6.04 Å². The number of carboxylic acids is 1. The van der Waals surface area contributed by atoms with E-state index in [1.807, 2.05) is 24.3 Å². The van der Waals surface area contributed by atoms with Gasteiger partial charge in [0, 0.05) is 12.4 Å². The molecule has 2 aromatic rings. The van der Waals surface area contributed by atoms with E-state index in [1.165, 1.54) is 0 Å². The van der Waals surface area contributed by atoms with Gasteiger partial charge in [-0.15, -0.1) is 0 Å². The number of hydrogen-bond donors (Lipinski definition) is 2. The lowest BCUT2D eigenvalue weighted by molar-refractivity contribution is -0.138. The largest absolute Gasteiger partial charge is 0.480 e. The van der Waals surface area contributed by atoms with Crippen molar-refractivity contribution in [2.45, 2.75) is 6.04 Å². The average Bonchev–Trinajstić information content (AvgIpc) is 2.39. The fourth-order valence-corrected chi connectivity index (χ4v) is 1.56. The molecule has 0 aliphatic carbocycles. The van der Waals surface area contributed by atoms with Crippen molar-refractivity contribution in [1.82, 2.24) is 4.98 Å². The van der Waals surface area contributed by atoms with Gasteiger partial charge in [0.15, 0.2) is 0 Å². The van der Waals surface area contributed by atoms with Crippen LogP contribution in [0.1, 0.15) is 11.6 Å². The Balaban J connectivity index is 2.28. The van der Waals surface area contributed by atoms with Crippen molar-refractivity contribution >= 4 is 5.97 Å². The highest BCUT2D eigenvalue weighted by atomic mass is 16.4. The van der Waals surface area contributed by atoms with Gasteiger partial charge in [-0.1, -0.05) is 30.3 Å². The fraction of sp³-hybridized carbons (Fsp3) is 0.0769. The zero-order valence-electron chi connectivity index (χ0n) is 9.08. The number of pyridine rings is 1. The molecule has 4 nitrogen and oxygen atoms in total. The van der Waals surface area contributed by atoms with Gasteiger partial charge in [0.2, 0.25) is 0 Å². The summed E-state index contributed by atoms with van der Waals surface area (Å²) in [5, 5.41) is 8.79. The topological polar surface area (TPSA) is 76.2 Å². The molecule has 2 rings (SSSR count). The zero-order chi connectivity index (χ0) is 12.3. The van der Waals surface area contributed by atoms with Crippen molar-refractivity contribution in [3.8, 4) is 11.1 Å². The van der Waals surface area contributed by atoms with Crippen molar-refractivity contribution in [2.24, 2.45) is 5.73 Å². The molecule has 1 aromatic carbocycles. The van der Waals surface area contributed by atoms with Gasteiger partial charge in [-0.05, 0) is 22.8 Å². The van der Waals surface area contributed by atoms with Gasteiger partial charge in [0.25, 0.3) is 0 Å². The maximum atomic E-state index is 10.7. The van der Waals surface area contributed by atoms with Crippen molar-refractivity contribution < 1.29 is 9.90 Å². The van der Waals surface area contributed by atoms with Crippen LogP contribution in [0.4, 0.5) is 0 Å². The first-order chi connectivity index (χ1) is 8.18.